The molecular formula is C19H22NO+. The van der Waals surface area contributed by atoms with E-state index in [1.54, 1.807) is 4.90 Å². The molecule has 1 fully saturated rings. The highest BCUT2D eigenvalue weighted by Gasteiger charge is 2.28. The number of Topliss-reactive ketones (excluding diaryl/α,β-unsaturated/α-hetero) is 1. The van der Waals surface area contributed by atoms with Gasteiger partial charge in [0.25, 0.3) is 0 Å². The van der Waals surface area contributed by atoms with Crippen LogP contribution in [0, 0.1) is 0 Å². The van der Waals surface area contributed by atoms with Crippen molar-refractivity contribution in [2.45, 2.75) is 18.8 Å². The van der Waals surface area contributed by atoms with Gasteiger partial charge in [0.1, 0.15) is 0 Å². The van der Waals surface area contributed by atoms with E-state index >= 15 is 0 Å². The SMILES string of the molecule is O=C(c1ccccc1)[C@@H](C[NH+]1CCCC1)c1ccccc1. The molecule has 2 aromatic rings. The number of carbonyl (C=O) groups is 1. The standard InChI is InChI=1S/C19H21NO/c21-19(17-11-5-2-6-12-17)18(15-20-13-7-8-14-20)16-9-3-1-4-10-16/h1-6,9-12,18H,7-8,13-15H2/p+1/t18-/m0/s1. The molecule has 3 rings (SSSR count). The predicted molar refractivity (Wildman–Crippen MR) is 84.8 cm³/mol. The number of hydrogen-bond donors (Lipinski definition) is 1. The molecule has 1 aliphatic rings. The first-order chi connectivity index (χ1) is 10.3. The zero-order chi connectivity index (χ0) is 14.5. The first-order valence-electron chi connectivity index (χ1n) is 7.82. The Kier molecular flexibility index (Phi) is 4.46. The van der Waals surface area contributed by atoms with E-state index in [0.29, 0.717) is 0 Å². The van der Waals surface area contributed by atoms with Gasteiger partial charge in [0.15, 0.2) is 5.78 Å². The maximum Gasteiger partial charge on any atom is 0.175 e. The molecular weight excluding hydrogens is 258 g/mol. The van der Waals surface area contributed by atoms with Crippen LogP contribution >= 0.6 is 0 Å². The highest BCUT2D eigenvalue weighted by molar-refractivity contribution is 6.01. The fourth-order valence-electron chi connectivity index (χ4n) is 3.22. The van der Waals surface area contributed by atoms with Gasteiger partial charge in [0.2, 0.25) is 0 Å². The molecule has 2 heteroatoms. The van der Waals surface area contributed by atoms with Crippen LogP contribution in [0.1, 0.15) is 34.7 Å². The van der Waals surface area contributed by atoms with Gasteiger partial charge < -0.3 is 4.90 Å². The molecule has 0 saturated carbocycles. The smallest absolute Gasteiger partial charge is 0.175 e. The summed E-state index contributed by atoms with van der Waals surface area (Å²) in [6, 6.07) is 19.9. The second-order valence-electron chi connectivity index (χ2n) is 5.85. The number of likely N-dealkylation sites (tertiary alicyclic amines) is 1. The maximum atomic E-state index is 12.9. The lowest BCUT2D eigenvalue weighted by atomic mass is 9.90. The molecule has 0 amide bonds. The Labute approximate surface area is 126 Å². The second kappa shape index (κ2) is 6.68. The lowest BCUT2D eigenvalue weighted by Gasteiger charge is -2.20. The summed E-state index contributed by atoms with van der Waals surface area (Å²) in [6.45, 7) is 3.31. The molecule has 0 aliphatic carbocycles. The summed E-state index contributed by atoms with van der Waals surface area (Å²) in [5.41, 5.74) is 1.97. The molecule has 108 valence electrons. The summed E-state index contributed by atoms with van der Waals surface area (Å²) < 4.78 is 0. The minimum Gasteiger partial charge on any atom is -0.334 e. The van der Waals surface area contributed by atoms with Gasteiger partial charge in [-0.1, -0.05) is 60.7 Å². The third-order valence-corrected chi connectivity index (χ3v) is 4.38. The minimum absolute atomic E-state index is 0.0262. The summed E-state index contributed by atoms with van der Waals surface area (Å²) in [5, 5.41) is 0. The molecule has 1 saturated heterocycles. The van der Waals surface area contributed by atoms with Gasteiger partial charge in [-0.05, 0) is 5.56 Å². The summed E-state index contributed by atoms with van der Waals surface area (Å²) in [7, 11) is 0. The van der Waals surface area contributed by atoms with Crippen LogP contribution < -0.4 is 4.90 Å². The topological polar surface area (TPSA) is 21.5 Å². The monoisotopic (exact) mass is 280 g/mol. The molecule has 1 heterocycles. The Bertz CT molecular complexity index is 573. The number of hydrogen-bond acceptors (Lipinski definition) is 1. The molecule has 1 atom stereocenters. The van der Waals surface area contributed by atoms with E-state index in [2.05, 4.69) is 12.1 Å². The summed E-state index contributed by atoms with van der Waals surface area (Å²) in [6.07, 6.45) is 2.58. The van der Waals surface area contributed by atoms with Gasteiger partial charge in [0.05, 0.1) is 25.6 Å². The number of benzene rings is 2. The van der Waals surface area contributed by atoms with Crippen molar-refractivity contribution in [1.29, 1.82) is 0 Å². The van der Waals surface area contributed by atoms with Crippen molar-refractivity contribution in [3.63, 3.8) is 0 Å². The van der Waals surface area contributed by atoms with Gasteiger partial charge in [-0.15, -0.1) is 0 Å². The number of nitrogens with one attached hydrogen (secondary N) is 1. The van der Waals surface area contributed by atoms with E-state index in [0.717, 1.165) is 17.7 Å². The maximum absolute atomic E-state index is 12.9. The van der Waals surface area contributed by atoms with E-state index < -0.39 is 0 Å². The Balaban J connectivity index is 1.86. The fraction of sp³-hybridized carbons (Fsp3) is 0.316. The summed E-state index contributed by atoms with van der Waals surface area (Å²) >= 11 is 0. The molecule has 21 heavy (non-hydrogen) atoms. The first kappa shape index (κ1) is 14.0. The van der Waals surface area contributed by atoms with Crippen molar-refractivity contribution in [2.24, 2.45) is 0 Å². The van der Waals surface area contributed by atoms with Crippen molar-refractivity contribution in [1.82, 2.24) is 0 Å². The highest BCUT2D eigenvalue weighted by atomic mass is 16.1. The Morgan fingerprint density at radius 1 is 0.905 bits per heavy atom. The van der Waals surface area contributed by atoms with Crippen molar-refractivity contribution in [3.8, 4) is 0 Å². The van der Waals surface area contributed by atoms with Gasteiger partial charge in [0, 0.05) is 18.4 Å². The first-order valence-corrected chi connectivity index (χ1v) is 7.82. The Hall–Kier alpha value is -1.93. The van der Waals surface area contributed by atoms with Crippen molar-refractivity contribution < 1.29 is 9.69 Å². The molecule has 0 unspecified atom stereocenters. The van der Waals surface area contributed by atoms with E-state index in [9.17, 15) is 4.79 Å². The van der Waals surface area contributed by atoms with E-state index in [1.165, 1.54) is 25.9 Å². The lowest BCUT2D eigenvalue weighted by molar-refractivity contribution is -0.887. The molecule has 1 N–H and O–H groups in total. The predicted octanol–water partition coefficient (Wildman–Crippen LogP) is 2.33. The number of carbonyl (C=O) groups excluding carboxylic acids is 1. The molecule has 0 bridgehead atoms. The minimum atomic E-state index is -0.0262. The lowest BCUT2D eigenvalue weighted by Crippen LogP contribution is -3.10. The largest absolute Gasteiger partial charge is 0.334 e. The van der Waals surface area contributed by atoms with E-state index in [-0.39, 0.29) is 11.7 Å². The van der Waals surface area contributed by atoms with Gasteiger partial charge in [-0.25, -0.2) is 0 Å². The van der Waals surface area contributed by atoms with E-state index in [4.69, 9.17) is 0 Å². The number of ketones is 1. The summed E-state index contributed by atoms with van der Waals surface area (Å²) in [5.74, 6) is 0.225. The molecule has 1 aliphatic heterocycles. The van der Waals surface area contributed by atoms with Crippen LogP contribution in [-0.4, -0.2) is 25.4 Å². The zero-order valence-corrected chi connectivity index (χ0v) is 12.3. The van der Waals surface area contributed by atoms with Crippen LogP contribution in [0.15, 0.2) is 60.7 Å². The van der Waals surface area contributed by atoms with Crippen LogP contribution in [0.4, 0.5) is 0 Å². The van der Waals surface area contributed by atoms with Crippen LogP contribution in [0.5, 0.6) is 0 Å². The second-order valence-corrected chi connectivity index (χ2v) is 5.85. The van der Waals surface area contributed by atoms with Crippen LogP contribution in [0.25, 0.3) is 0 Å². The van der Waals surface area contributed by atoms with Gasteiger partial charge in [-0.2, -0.15) is 0 Å². The number of rotatable bonds is 5. The molecule has 2 nitrogen and oxygen atoms in total. The van der Waals surface area contributed by atoms with Crippen molar-refractivity contribution in [3.05, 3.63) is 71.8 Å². The van der Waals surface area contributed by atoms with Crippen LogP contribution in [0.2, 0.25) is 0 Å². The molecule has 0 radical (unpaired) electrons. The molecule has 0 aromatic heterocycles. The Morgan fingerprint density at radius 2 is 1.48 bits per heavy atom. The third kappa shape index (κ3) is 3.40. The quantitative estimate of drug-likeness (QED) is 0.834. The molecule has 2 aromatic carbocycles. The summed E-state index contributed by atoms with van der Waals surface area (Å²) in [4.78, 5) is 14.5. The Morgan fingerprint density at radius 3 is 2.10 bits per heavy atom. The third-order valence-electron chi connectivity index (χ3n) is 4.38. The van der Waals surface area contributed by atoms with Gasteiger partial charge in [-0.3, -0.25) is 4.79 Å². The average molecular weight is 280 g/mol. The molecule has 0 spiro atoms. The normalized spacial score (nSPS) is 16.8. The fourth-order valence-corrected chi connectivity index (χ4v) is 3.22. The van der Waals surface area contributed by atoms with Crippen molar-refractivity contribution in [2.75, 3.05) is 19.6 Å². The van der Waals surface area contributed by atoms with Crippen LogP contribution in [-0.2, 0) is 0 Å². The van der Waals surface area contributed by atoms with Crippen molar-refractivity contribution >= 4 is 5.78 Å². The van der Waals surface area contributed by atoms with E-state index in [1.807, 2.05) is 48.5 Å². The van der Waals surface area contributed by atoms with Crippen LogP contribution in [0.3, 0.4) is 0 Å². The highest BCUT2D eigenvalue weighted by Crippen LogP contribution is 2.20. The average Bonchev–Trinajstić information content (AvgIpc) is 3.07. The number of quaternary nitrogens is 1. The van der Waals surface area contributed by atoms with Gasteiger partial charge >= 0.3 is 0 Å². The zero-order valence-electron chi connectivity index (χ0n) is 12.3.